The Labute approximate surface area is 76.0 Å². The Morgan fingerprint density at radius 3 is 2.64 bits per heavy atom. The highest BCUT2D eigenvalue weighted by Gasteiger charge is 1.97. The zero-order valence-electron chi connectivity index (χ0n) is 6.50. The smallest absolute Gasteiger partial charge is 0.119 e. The van der Waals surface area contributed by atoms with Gasteiger partial charge < -0.3 is 4.74 Å². The number of hydrogen-bond donors (Lipinski definition) is 1. The van der Waals surface area contributed by atoms with Crippen molar-refractivity contribution >= 4 is 22.5 Å². The molecule has 0 saturated heterocycles. The van der Waals surface area contributed by atoms with Crippen LogP contribution in [-0.2, 0) is 0 Å². The van der Waals surface area contributed by atoms with Crippen molar-refractivity contribution in [1.82, 2.24) is 0 Å². The van der Waals surface area contributed by atoms with Crippen LogP contribution in [0.2, 0.25) is 0 Å². The fraction of sp³-hybridized carbons (Fsp3) is 0.250. The molecule has 1 rings (SSSR count). The van der Waals surface area contributed by atoms with E-state index < -0.39 is 0 Å². The molecular weight excluding hydrogens is 176 g/mol. The summed E-state index contributed by atoms with van der Waals surface area (Å²) >= 11 is 4.12. The summed E-state index contributed by atoms with van der Waals surface area (Å²) in [6.07, 6.45) is 0. The van der Waals surface area contributed by atoms with Crippen molar-refractivity contribution in [2.75, 3.05) is 7.11 Å². The summed E-state index contributed by atoms with van der Waals surface area (Å²) in [5, 5.41) is 0. The van der Waals surface area contributed by atoms with Crippen molar-refractivity contribution in [3.05, 3.63) is 23.8 Å². The van der Waals surface area contributed by atoms with Crippen LogP contribution in [0.15, 0.2) is 23.1 Å². The third-order valence-corrected chi connectivity index (χ3v) is 2.73. The van der Waals surface area contributed by atoms with E-state index in [1.165, 1.54) is 21.3 Å². The second-order valence-corrected chi connectivity index (χ2v) is 3.39. The first-order valence-electron chi connectivity index (χ1n) is 3.24. The first-order valence-corrected chi connectivity index (χ1v) is 5.11. The molecular formula is C8H10OS2. The van der Waals surface area contributed by atoms with Crippen molar-refractivity contribution in [3.8, 4) is 5.75 Å². The monoisotopic (exact) mass is 186 g/mol. The van der Waals surface area contributed by atoms with Gasteiger partial charge in [0.2, 0.25) is 0 Å². The molecule has 3 heteroatoms. The van der Waals surface area contributed by atoms with Crippen LogP contribution in [0.4, 0.5) is 0 Å². The topological polar surface area (TPSA) is 9.23 Å². The summed E-state index contributed by atoms with van der Waals surface area (Å²) in [4.78, 5) is 1.18. The van der Waals surface area contributed by atoms with Gasteiger partial charge in [-0.05, 0) is 30.7 Å². The minimum Gasteiger partial charge on any atom is -0.497 e. The normalized spacial score (nSPS) is 9.73. The Bertz CT molecular complexity index is 248. The molecule has 60 valence electrons. The van der Waals surface area contributed by atoms with Crippen LogP contribution in [-0.4, -0.2) is 7.11 Å². The van der Waals surface area contributed by atoms with Crippen LogP contribution < -0.4 is 4.74 Å². The molecule has 0 atom stereocenters. The standard InChI is InChI=1S/C8H10OS2/c1-6-5-7(9-2)3-4-8(6)11-10/h3-5,10H,1-2H3. The average Bonchev–Trinajstić information content (AvgIpc) is 2.04. The van der Waals surface area contributed by atoms with Gasteiger partial charge in [-0.25, -0.2) is 0 Å². The van der Waals surface area contributed by atoms with Gasteiger partial charge in [0, 0.05) is 4.90 Å². The Morgan fingerprint density at radius 1 is 1.45 bits per heavy atom. The van der Waals surface area contributed by atoms with E-state index in [2.05, 4.69) is 11.7 Å². The Hall–Kier alpha value is -0.280. The van der Waals surface area contributed by atoms with Crippen LogP contribution in [0.3, 0.4) is 0 Å². The lowest BCUT2D eigenvalue weighted by molar-refractivity contribution is 0.414. The molecule has 1 aromatic rings. The molecule has 0 spiro atoms. The number of benzene rings is 1. The molecule has 0 bridgehead atoms. The van der Waals surface area contributed by atoms with E-state index in [4.69, 9.17) is 4.74 Å². The van der Waals surface area contributed by atoms with Gasteiger partial charge in [-0.1, -0.05) is 10.8 Å². The predicted molar refractivity (Wildman–Crippen MR) is 52.6 cm³/mol. The lowest BCUT2D eigenvalue weighted by Crippen LogP contribution is -1.84. The minimum absolute atomic E-state index is 0.897. The molecule has 0 fully saturated rings. The van der Waals surface area contributed by atoms with Crippen molar-refractivity contribution < 1.29 is 4.74 Å². The fourth-order valence-electron chi connectivity index (χ4n) is 0.851. The maximum Gasteiger partial charge on any atom is 0.119 e. The summed E-state index contributed by atoms with van der Waals surface area (Å²) < 4.78 is 5.06. The highest BCUT2D eigenvalue weighted by molar-refractivity contribution is 8.68. The van der Waals surface area contributed by atoms with Gasteiger partial charge in [-0.3, -0.25) is 0 Å². The van der Waals surface area contributed by atoms with Crippen molar-refractivity contribution in [1.29, 1.82) is 0 Å². The Kier molecular flexibility index (Phi) is 3.15. The van der Waals surface area contributed by atoms with Gasteiger partial charge >= 0.3 is 0 Å². The molecule has 11 heavy (non-hydrogen) atoms. The van der Waals surface area contributed by atoms with Crippen molar-refractivity contribution in [2.24, 2.45) is 0 Å². The highest BCUT2D eigenvalue weighted by Crippen LogP contribution is 2.27. The van der Waals surface area contributed by atoms with Crippen molar-refractivity contribution in [3.63, 3.8) is 0 Å². The zero-order valence-corrected chi connectivity index (χ0v) is 8.21. The van der Waals surface area contributed by atoms with Crippen LogP contribution >= 0.6 is 22.5 Å². The lowest BCUT2D eigenvalue weighted by atomic mass is 10.2. The molecule has 0 radical (unpaired) electrons. The summed E-state index contributed by atoms with van der Waals surface area (Å²) in [6.45, 7) is 2.04. The predicted octanol–water partition coefficient (Wildman–Crippen LogP) is 2.94. The van der Waals surface area contributed by atoms with Gasteiger partial charge in [-0.15, -0.1) is 11.7 Å². The van der Waals surface area contributed by atoms with Crippen LogP contribution in [0.25, 0.3) is 0 Å². The number of thiol groups is 1. The number of aryl methyl sites for hydroxylation is 1. The summed E-state index contributed by atoms with van der Waals surface area (Å²) in [5.74, 6) is 0.897. The Morgan fingerprint density at radius 2 is 2.18 bits per heavy atom. The Balaban J connectivity index is 2.99. The number of ether oxygens (including phenoxy) is 1. The van der Waals surface area contributed by atoms with Gasteiger partial charge in [0.25, 0.3) is 0 Å². The molecule has 0 aliphatic carbocycles. The third-order valence-electron chi connectivity index (χ3n) is 1.48. The number of hydrogen-bond acceptors (Lipinski definition) is 3. The van der Waals surface area contributed by atoms with Crippen LogP contribution in [0.1, 0.15) is 5.56 Å². The average molecular weight is 186 g/mol. The maximum atomic E-state index is 5.06. The fourth-order valence-corrected chi connectivity index (χ4v) is 1.80. The summed E-state index contributed by atoms with van der Waals surface area (Å²) in [5.41, 5.74) is 1.20. The van der Waals surface area contributed by atoms with E-state index in [9.17, 15) is 0 Å². The largest absolute Gasteiger partial charge is 0.497 e. The molecule has 0 aliphatic rings. The molecule has 0 aromatic heterocycles. The second-order valence-electron chi connectivity index (χ2n) is 2.22. The highest BCUT2D eigenvalue weighted by atomic mass is 33.1. The van der Waals surface area contributed by atoms with E-state index in [1.807, 2.05) is 25.1 Å². The second kappa shape index (κ2) is 3.93. The zero-order chi connectivity index (χ0) is 8.27. The molecule has 1 aromatic carbocycles. The summed E-state index contributed by atoms with van der Waals surface area (Å²) in [7, 11) is 3.12. The molecule has 0 N–H and O–H groups in total. The van der Waals surface area contributed by atoms with E-state index in [0.717, 1.165) is 5.75 Å². The van der Waals surface area contributed by atoms with E-state index in [-0.39, 0.29) is 0 Å². The van der Waals surface area contributed by atoms with E-state index in [0.29, 0.717) is 0 Å². The first kappa shape index (κ1) is 8.81. The molecule has 1 nitrogen and oxygen atoms in total. The SMILES string of the molecule is COc1ccc(SS)c(C)c1. The van der Waals surface area contributed by atoms with Gasteiger partial charge in [0.15, 0.2) is 0 Å². The quantitative estimate of drug-likeness (QED) is 0.561. The molecule has 0 heterocycles. The minimum atomic E-state index is 0.897. The van der Waals surface area contributed by atoms with E-state index >= 15 is 0 Å². The molecule has 0 amide bonds. The molecule has 0 aliphatic heterocycles. The third kappa shape index (κ3) is 2.07. The number of methoxy groups -OCH3 is 1. The van der Waals surface area contributed by atoms with Crippen LogP contribution in [0, 0.1) is 6.92 Å². The lowest BCUT2D eigenvalue weighted by Gasteiger charge is -2.03. The van der Waals surface area contributed by atoms with E-state index in [1.54, 1.807) is 7.11 Å². The first-order chi connectivity index (χ1) is 5.27. The molecule has 0 saturated carbocycles. The molecule has 0 unspecified atom stereocenters. The number of rotatable bonds is 2. The van der Waals surface area contributed by atoms with Crippen molar-refractivity contribution in [2.45, 2.75) is 11.8 Å². The summed E-state index contributed by atoms with van der Waals surface area (Å²) in [6, 6.07) is 5.94. The van der Waals surface area contributed by atoms with Gasteiger partial charge in [-0.2, -0.15) is 0 Å². The maximum absolute atomic E-state index is 5.06. The van der Waals surface area contributed by atoms with Gasteiger partial charge in [0.1, 0.15) is 5.75 Å². The van der Waals surface area contributed by atoms with Crippen LogP contribution in [0.5, 0.6) is 5.75 Å². The van der Waals surface area contributed by atoms with Gasteiger partial charge in [0.05, 0.1) is 7.11 Å².